The number of hydrogen-bond acceptors (Lipinski definition) is 5. The first-order valence-corrected chi connectivity index (χ1v) is 9.30. The van der Waals surface area contributed by atoms with E-state index in [0.717, 1.165) is 12.1 Å². The maximum Gasteiger partial charge on any atom is 0.276 e. The van der Waals surface area contributed by atoms with Crippen molar-refractivity contribution in [1.82, 2.24) is 14.8 Å². The quantitative estimate of drug-likeness (QED) is 0.806. The number of nitrogens with zero attached hydrogens (tertiary/aromatic N) is 2. The number of amides is 2. The molecule has 0 bridgehead atoms. The molecule has 2 aromatic rings. The molecule has 2 aliphatic rings. The highest BCUT2D eigenvalue weighted by Gasteiger charge is 2.43. The molecule has 0 saturated carbocycles. The van der Waals surface area contributed by atoms with E-state index in [4.69, 9.17) is 9.47 Å². The van der Waals surface area contributed by atoms with Gasteiger partial charge in [0.05, 0.1) is 26.3 Å². The maximum absolute atomic E-state index is 13.8. The summed E-state index contributed by atoms with van der Waals surface area (Å²) >= 11 is 0. The predicted molar refractivity (Wildman–Crippen MR) is 100 cm³/mol. The monoisotopic (exact) mass is 419 g/mol. The third-order valence-electron chi connectivity index (χ3n) is 5.28. The summed E-state index contributed by atoms with van der Waals surface area (Å²) in [6, 6.07) is 3.20. The minimum absolute atomic E-state index is 0.0350. The molecule has 2 amide bonds. The second kappa shape index (κ2) is 7.52. The van der Waals surface area contributed by atoms with Gasteiger partial charge >= 0.3 is 0 Å². The number of benzene rings is 1. The smallest absolute Gasteiger partial charge is 0.276 e. The Labute approximate surface area is 170 Å². The number of aromatic nitrogens is 1. The number of rotatable bonds is 4. The van der Waals surface area contributed by atoms with Crippen molar-refractivity contribution >= 4 is 11.8 Å². The zero-order valence-corrected chi connectivity index (χ0v) is 16.3. The van der Waals surface area contributed by atoms with Crippen LogP contribution >= 0.6 is 0 Å². The van der Waals surface area contributed by atoms with Crippen LogP contribution in [0.1, 0.15) is 33.3 Å². The Morgan fingerprint density at radius 3 is 2.67 bits per heavy atom. The molecule has 4 rings (SSSR count). The van der Waals surface area contributed by atoms with Crippen LogP contribution in [0.3, 0.4) is 0 Å². The number of halogens is 2. The van der Waals surface area contributed by atoms with E-state index in [1.807, 2.05) is 6.92 Å². The molecule has 0 radical (unpaired) electrons. The highest BCUT2D eigenvalue weighted by atomic mass is 19.1. The number of methoxy groups -OCH3 is 1. The Morgan fingerprint density at radius 1 is 1.30 bits per heavy atom. The van der Waals surface area contributed by atoms with Crippen LogP contribution in [0.25, 0.3) is 0 Å². The lowest BCUT2D eigenvalue weighted by Crippen LogP contribution is -2.49. The van der Waals surface area contributed by atoms with Crippen LogP contribution in [-0.2, 0) is 17.8 Å². The lowest BCUT2D eigenvalue weighted by Gasteiger charge is -2.34. The maximum atomic E-state index is 13.8. The first kappa shape index (κ1) is 20.0. The zero-order chi connectivity index (χ0) is 21.6. The number of hydrogen-bond donors (Lipinski definition) is 1. The van der Waals surface area contributed by atoms with E-state index in [9.17, 15) is 23.2 Å². The molecule has 30 heavy (non-hydrogen) atoms. The van der Waals surface area contributed by atoms with Gasteiger partial charge in [-0.05, 0) is 19.1 Å². The van der Waals surface area contributed by atoms with Crippen molar-refractivity contribution in [3.05, 3.63) is 63.1 Å². The molecule has 1 fully saturated rings. The molecular weight excluding hydrogens is 400 g/mol. The molecule has 2 aliphatic heterocycles. The highest BCUT2D eigenvalue weighted by Crippen LogP contribution is 2.29. The van der Waals surface area contributed by atoms with Crippen LogP contribution in [0.15, 0.2) is 29.2 Å². The fourth-order valence-corrected chi connectivity index (χ4v) is 3.78. The lowest BCUT2D eigenvalue weighted by molar-refractivity contribution is 0.00621. The van der Waals surface area contributed by atoms with Gasteiger partial charge in [-0.25, -0.2) is 8.78 Å². The van der Waals surface area contributed by atoms with E-state index >= 15 is 0 Å². The second-order valence-electron chi connectivity index (χ2n) is 7.14. The van der Waals surface area contributed by atoms with Crippen molar-refractivity contribution < 1.29 is 27.8 Å². The minimum Gasteiger partial charge on any atom is -0.491 e. The van der Waals surface area contributed by atoms with Crippen molar-refractivity contribution in [3.63, 3.8) is 0 Å². The predicted octanol–water partition coefficient (Wildman–Crippen LogP) is 1.27. The SMILES string of the molecule is COc1c2n(cc(C(=O)NCc3c(F)cccc3F)c1=O)C[C@H]1OC[C@H](C)N1C2=O. The van der Waals surface area contributed by atoms with Crippen molar-refractivity contribution in [2.45, 2.75) is 32.3 Å². The Hall–Kier alpha value is -3.27. The molecule has 2 atom stereocenters. The minimum atomic E-state index is -0.841. The molecule has 1 aromatic heterocycles. The molecule has 158 valence electrons. The van der Waals surface area contributed by atoms with E-state index in [0.29, 0.717) is 6.61 Å². The number of carbonyl (C=O) groups is 2. The number of nitrogens with one attached hydrogen (secondary N) is 1. The van der Waals surface area contributed by atoms with E-state index in [-0.39, 0.29) is 35.2 Å². The van der Waals surface area contributed by atoms with Crippen LogP contribution in [-0.4, -0.2) is 47.3 Å². The van der Waals surface area contributed by atoms with Gasteiger partial charge in [0, 0.05) is 18.3 Å². The second-order valence-corrected chi connectivity index (χ2v) is 7.14. The van der Waals surface area contributed by atoms with Gasteiger partial charge in [-0.2, -0.15) is 0 Å². The van der Waals surface area contributed by atoms with Crippen LogP contribution < -0.4 is 15.5 Å². The van der Waals surface area contributed by atoms with Gasteiger partial charge in [0.15, 0.2) is 17.7 Å². The Morgan fingerprint density at radius 2 is 2.00 bits per heavy atom. The summed E-state index contributed by atoms with van der Waals surface area (Å²) in [5, 5.41) is 2.35. The highest BCUT2D eigenvalue weighted by molar-refractivity contribution is 5.99. The van der Waals surface area contributed by atoms with Crippen molar-refractivity contribution in [2.75, 3.05) is 13.7 Å². The van der Waals surface area contributed by atoms with Gasteiger partial charge in [0.25, 0.3) is 11.8 Å². The fraction of sp³-hybridized carbons (Fsp3) is 0.350. The van der Waals surface area contributed by atoms with E-state index in [2.05, 4.69) is 5.32 Å². The van der Waals surface area contributed by atoms with Gasteiger partial charge in [-0.3, -0.25) is 14.4 Å². The third-order valence-corrected chi connectivity index (χ3v) is 5.28. The van der Waals surface area contributed by atoms with Crippen LogP contribution in [0, 0.1) is 11.6 Å². The first-order valence-electron chi connectivity index (χ1n) is 9.30. The Kier molecular flexibility index (Phi) is 5.02. The molecule has 1 aromatic carbocycles. The van der Waals surface area contributed by atoms with Crippen LogP contribution in [0.5, 0.6) is 5.75 Å². The van der Waals surface area contributed by atoms with Gasteiger partial charge < -0.3 is 24.3 Å². The summed E-state index contributed by atoms with van der Waals surface area (Å²) in [5.74, 6) is -3.15. The summed E-state index contributed by atoms with van der Waals surface area (Å²) < 4.78 is 39.8. The normalized spacial score (nSPS) is 20.0. The topological polar surface area (TPSA) is 89.9 Å². The zero-order valence-electron chi connectivity index (χ0n) is 16.3. The van der Waals surface area contributed by atoms with Gasteiger partial charge in [0.1, 0.15) is 17.2 Å². The number of pyridine rings is 1. The van der Waals surface area contributed by atoms with Crippen LogP contribution in [0.2, 0.25) is 0 Å². The molecule has 1 saturated heterocycles. The summed E-state index contributed by atoms with van der Waals surface area (Å²) in [4.78, 5) is 39.9. The Bertz CT molecular complexity index is 1080. The fourth-order valence-electron chi connectivity index (χ4n) is 3.78. The molecule has 0 spiro atoms. The van der Waals surface area contributed by atoms with Crippen molar-refractivity contribution in [1.29, 1.82) is 0 Å². The first-order chi connectivity index (χ1) is 14.3. The summed E-state index contributed by atoms with van der Waals surface area (Å²) in [6.45, 7) is 1.96. The number of ether oxygens (including phenoxy) is 2. The lowest BCUT2D eigenvalue weighted by atomic mass is 10.1. The van der Waals surface area contributed by atoms with E-state index in [1.54, 1.807) is 0 Å². The summed E-state index contributed by atoms with van der Waals surface area (Å²) in [6.07, 6.45) is 0.727. The molecule has 0 unspecified atom stereocenters. The average Bonchev–Trinajstić information content (AvgIpc) is 3.08. The van der Waals surface area contributed by atoms with E-state index < -0.39 is 41.7 Å². The Balaban J connectivity index is 1.68. The standard InChI is InChI=1S/C20H19F2N3O5/c1-10-9-30-15-8-24-7-12(17(26)18(29-2)16(24)20(28)25(10)15)19(27)23-6-11-13(21)4-3-5-14(11)22/h3-5,7,10,15H,6,8-9H2,1-2H3,(H,23,27)/t10-,15+/m0/s1. The summed E-state index contributed by atoms with van der Waals surface area (Å²) in [5.41, 5.74) is -1.38. The summed E-state index contributed by atoms with van der Waals surface area (Å²) in [7, 11) is 1.23. The molecule has 0 aliphatic carbocycles. The molecule has 8 nitrogen and oxygen atoms in total. The molecule has 1 N–H and O–H groups in total. The largest absolute Gasteiger partial charge is 0.491 e. The van der Waals surface area contributed by atoms with Gasteiger partial charge in [-0.15, -0.1) is 0 Å². The molecule has 10 heteroatoms. The third kappa shape index (κ3) is 3.13. The van der Waals surface area contributed by atoms with Crippen molar-refractivity contribution in [3.8, 4) is 5.75 Å². The molecule has 3 heterocycles. The van der Waals surface area contributed by atoms with Gasteiger partial charge in [0.2, 0.25) is 5.43 Å². The average molecular weight is 419 g/mol. The molecular formula is C20H19F2N3O5. The number of carbonyl (C=O) groups excluding carboxylic acids is 2. The number of fused-ring (bicyclic) bond motifs is 2. The van der Waals surface area contributed by atoms with E-state index in [1.165, 1.54) is 28.8 Å². The van der Waals surface area contributed by atoms with Crippen LogP contribution in [0.4, 0.5) is 8.78 Å². The van der Waals surface area contributed by atoms with Gasteiger partial charge in [-0.1, -0.05) is 6.07 Å². The van der Waals surface area contributed by atoms with Crippen molar-refractivity contribution in [2.24, 2.45) is 0 Å².